The van der Waals surface area contributed by atoms with E-state index in [2.05, 4.69) is 9.97 Å². The number of ether oxygens (including phenoxy) is 1. The van der Waals surface area contributed by atoms with Crippen LogP contribution in [0.25, 0.3) is 0 Å². The van der Waals surface area contributed by atoms with Crippen molar-refractivity contribution < 1.29 is 9.13 Å². The molecule has 0 N–H and O–H groups in total. The van der Waals surface area contributed by atoms with Crippen LogP contribution >= 0.6 is 11.6 Å². The molecule has 5 heteroatoms. The van der Waals surface area contributed by atoms with Gasteiger partial charge in [0.2, 0.25) is 5.88 Å². The molecule has 2 rings (SSSR count). The maximum Gasteiger partial charge on any atom is 0.224 e. The normalized spacial score (nSPS) is 10.4. The van der Waals surface area contributed by atoms with Gasteiger partial charge in [0.15, 0.2) is 0 Å². The predicted octanol–water partition coefficient (Wildman–Crippen LogP) is 3.68. The van der Waals surface area contributed by atoms with Crippen LogP contribution < -0.4 is 4.74 Å². The molecule has 0 fully saturated rings. The van der Waals surface area contributed by atoms with Gasteiger partial charge in [-0.2, -0.15) is 4.98 Å². The van der Waals surface area contributed by atoms with Crippen molar-refractivity contribution in [3.63, 3.8) is 0 Å². The summed E-state index contributed by atoms with van der Waals surface area (Å²) in [6.45, 7) is 3.53. The van der Waals surface area contributed by atoms with Gasteiger partial charge in [0.1, 0.15) is 22.5 Å². The number of halogens is 2. The Labute approximate surface area is 103 Å². The molecule has 0 unspecified atom stereocenters. The van der Waals surface area contributed by atoms with Gasteiger partial charge in [-0.05, 0) is 25.5 Å². The van der Waals surface area contributed by atoms with Crippen molar-refractivity contribution >= 4 is 11.6 Å². The Morgan fingerprint density at radius 1 is 1.18 bits per heavy atom. The van der Waals surface area contributed by atoms with E-state index in [4.69, 9.17) is 16.3 Å². The third-order valence-electron chi connectivity index (χ3n) is 2.15. The van der Waals surface area contributed by atoms with Crippen LogP contribution in [0.1, 0.15) is 11.4 Å². The fourth-order valence-electron chi connectivity index (χ4n) is 1.35. The van der Waals surface area contributed by atoms with E-state index < -0.39 is 0 Å². The molecule has 0 spiro atoms. The van der Waals surface area contributed by atoms with Gasteiger partial charge in [-0.15, -0.1) is 0 Å². The number of hydrogen-bond acceptors (Lipinski definition) is 3. The smallest absolute Gasteiger partial charge is 0.224 e. The first-order chi connectivity index (χ1) is 8.04. The summed E-state index contributed by atoms with van der Waals surface area (Å²) in [6.07, 6.45) is 0. The largest absolute Gasteiger partial charge is 0.438 e. The van der Waals surface area contributed by atoms with Crippen molar-refractivity contribution in [3.05, 3.63) is 46.6 Å². The molecule has 1 heterocycles. The third kappa shape index (κ3) is 2.91. The molecule has 0 amide bonds. The molecule has 1 aromatic heterocycles. The maximum absolute atomic E-state index is 13.1. The van der Waals surface area contributed by atoms with Crippen molar-refractivity contribution in [1.29, 1.82) is 0 Å². The van der Waals surface area contributed by atoms with E-state index in [1.54, 1.807) is 13.0 Å². The average Bonchev–Trinajstić information content (AvgIpc) is 2.22. The van der Waals surface area contributed by atoms with Crippen molar-refractivity contribution in [1.82, 2.24) is 9.97 Å². The molecule has 0 aliphatic heterocycles. The van der Waals surface area contributed by atoms with Crippen molar-refractivity contribution in [2.75, 3.05) is 0 Å². The van der Waals surface area contributed by atoms with Crippen LogP contribution in [0.4, 0.5) is 4.39 Å². The number of aromatic nitrogens is 2. The Morgan fingerprint density at radius 3 is 2.65 bits per heavy atom. The van der Waals surface area contributed by atoms with Gasteiger partial charge in [0.05, 0.1) is 0 Å². The summed E-state index contributed by atoms with van der Waals surface area (Å²) < 4.78 is 18.5. The standard InChI is InChI=1S/C12H10ClFN2O/c1-7-3-4-9(14)5-10(7)17-12-6-11(13)15-8(2)16-12/h3-6H,1-2H3. The lowest BCUT2D eigenvalue weighted by Gasteiger charge is -2.08. The lowest BCUT2D eigenvalue weighted by molar-refractivity contribution is 0.451. The molecule has 0 aliphatic rings. The number of benzene rings is 1. The molecule has 3 nitrogen and oxygen atoms in total. The van der Waals surface area contributed by atoms with Crippen LogP contribution in [0.3, 0.4) is 0 Å². The second kappa shape index (κ2) is 4.67. The molecule has 17 heavy (non-hydrogen) atoms. The third-order valence-corrected chi connectivity index (χ3v) is 2.34. The van der Waals surface area contributed by atoms with Gasteiger partial charge >= 0.3 is 0 Å². The molecule has 0 atom stereocenters. The summed E-state index contributed by atoms with van der Waals surface area (Å²) in [5.74, 6) is 0.861. The Balaban J connectivity index is 2.34. The number of rotatable bonds is 2. The SMILES string of the molecule is Cc1nc(Cl)cc(Oc2cc(F)ccc2C)n1. The zero-order valence-corrected chi connectivity index (χ0v) is 10.1. The minimum atomic E-state index is -0.359. The van der Waals surface area contributed by atoms with Crippen LogP contribution in [0.2, 0.25) is 5.15 Å². The molecule has 0 saturated heterocycles. The monoisotopic (exact) mass is 252 g/mol. The second-order valence-electron chi connectivity index (χ2n) is 3.59. The quantitative estimate of drug-likeness (QED) is 0.765. The minimum Gasteiger partial charge on any atom is -0.438 e. The maximum atomic E-state index is 13.1. The molecule has 88 valence electrons. The van der Waals surface area contributed by atoms with E-state index in [0.717, 1.165) is 5.56 Å². The molecular formula is C12H10ClFN2O. The van der Waals surface area contributed by atoms with Crippen LogP contribution in [-0.2, 0) is 0 Å². The summed E-state index contributed by atoms with van der Waals surface area (Å²) in [7, 11) is 0. The Morgan fingerprint density at radius 2 is 1.94 bits per heavy atom. The van der Waals surface area contributed by atoms with Crippen molar-refractivity contribution in [2.45, 2.75) is 13.8 Å². The highest BCUT2D eigenvalue weighted by atomic mass is 35.5. The first-order valence-electron chi connectivity index (χ1n) is 5.00. The second-order valence-corrected chi connectivity index (χ2v) is 3.98. The van der Waals surface area contributed by atoms with Gasteiger partial charge in [0, 0.05) is 12.1 Å². The minimum absolute atomic E-state index is 0.293. The van der Waals surface area contributed by atoms with Crippen LogP contribution in [-0.4, -0.2) is 9.97 Å². The number of aryl methyl sites for hydroxylation is 2. The van der Waals surface area contributed by atoms with E-state index in [-0.39, 0.29) is 5.82 Å². The first-order valence-corrected chi connectivity index (χ1v) is 5.37. The van der Waals surface area contributed by atoms with Gasteiger partial charge < -0.3 is 4.74 Å². The van der Waals surface area contributed by atoms with Crippen LogP contribution in [0.5, 0.6) is 11.6 Å². The van der Waals surface area contributed by atoms with Gasteiger partial charge in [-0.25, -0.2) is 9.37 Å². The number of hydrogen-bond donors (Lipinski definition) is 0. The number of nitrogens with zero attached hydrogens (tertiary/aromatic N) is 2. The van der Waals surface area contributed by atoms with E-state index in [9.17, 15) is 4.39 Å². The lowest BCUT2D eigenvalue weighted by atomic mass is 10.2. The molecule has 0 bridgehead atoms. The van der Waals surface area contributed by atoms with Gasteiger partial charge in [-0.1, -0.05) is 17.7 Å². The average molecular weight is 253 g/mol. The highest BCUT2D eigenvalue weighted by Gasteiger charge is 2.06. The fourth-order valence-corrected chi connectivity index (χ4v) is 1.57. The van der Waals surface area contributed by atoms with Crippen molar-refractivity contribution in [2.24, 2.45) is 0 Å². The summed E-state index contributed by atoms with van der Waals surface area (Å²) in [4.78, 5) is 7.98. The molecule has 0 saturated carbocycles. The zero-order chi connectivity index (χ0) is 12.4. The Hall–Kier alpha value is -1.68. The summed E-state index contributed by atoms with van der Waals surface area (Å²) in [6, 6.07) is 5.81. The predicted molar refractivity (Wildman–Crippen MR) is 63.0 cm³/mol. The molecule has 0 radical (unpaired) electrons. The lowest BCUT2D eigenvalue weighted by Crippen LogP contribution is -1.95. The van der Waals surface area contributed by atoms with Crippen LogP contribution in [0.15, 0.2) is 24.3 Å². The zero-order valence-electron chi connectivity index (χ0n) is 9.37. The summed E-state index contributed by atoms with van der Waals surface area (Å²) in [5.41, 5.74) is 0.818. The Kier molecular flexibility index (Phi) is 3.24. The van der Waals surface area contributed by atoms with E-state index in [1.165, 1.54) is 18.2 Å². The summed E-state index contributed by atoms with van der Waals surface area (Å²) in [5, 5.41) is 0.293. The van der Waals surface area contributed by atoms with Crippen molar-refractivity contribution in [3.8, 4) is 11.6 Å². The molecular weight excluding hydrogens is 243 g/mol. The molecule has 1 aromatic carbocycles. The fraction of sp³-hybridized carbons (Fsp3) is 0.167. The topological polar surface area (TPSA) is 35.0 Å². The van der Waals surface area contributed by atoms with E-state index >= 15 is 0 Å². The molecule has 0 aliphatic carbocycles. The van der Waals surface area contributed by atoms with Crippen LogP contribution in [0, 0.1) is 19.7 Å². The van der Waals surface area contributed by atoms with Gasteiger partial charge in [0.25, 0.3) is 0 Å². The van der Waals surface area contributed by atoms with Gasteiger partial charge in [-0.3, -0.25) is 0 Å². The highest BCUT2D eigenvalue weighted by Crippen LogP contribution is 2.25. The van der Waals surface area contributed by atoms with E-state index in [1.807, 2.05) is 6.92 Å². The summed E-state index contributed by atoms with van der Waals surface area (Å²) >= 11 is 5.78. The Bertz CT molecular complexity index is 540. The first kappa shape index (κ1) is 11.8. The highest BCUT2D eigenvalue weighted by molar-refractivity contribution is 6.29. The molecule has 2 aromatic rings. The van der Waals surface area contributed by atoms with E-state index in [0.29, 0.717) is 22.6 Å².